The van der Waals surface area contributed by atoms with Gasteiger partial charge in [-0.15, -0.1) is 0 Å². The Morgan fingerprint density at radius 1 is 1.16 bits per heavy atom. The number of nitrogens with one attached hydrogen (secondary N) is 1. The van der Waals surface area contributed by atoms with Gasteiger partial charge in [0, 0.05) is 55.1 Å². The molecule has 0 saturated carbocycles. The van der Waals surface area contributed by atoms with Crippen molar-refractivity contribution in [2.45, 2.75) is 64.1 Å². The van der Waals surface area contributed by atoms with E-state index in [9.17, 15) is 5.26 Å². The smallest absolute Gasteiger partial charge is 0.318 e. The zero-order valence-corrected chi connectivity index (χ0v) is 22.7. The molecule has 0 spiro atoms. The van der Waals surface area contributed by atoms with Crippen LogP contribution < -0.4 is 19.9 Å². The monoisotopic (exact) mass is 513 g/mol. The highest BCUT2D eigenvalue weighted by molar-refractivity contribution is 5.80. The number of likely N-dealkylation sites (tertiary alicyclic amines) is 1. The van der Waals surface area contributed by atoms with Crippen LogP contribution in [0.25, 0.3) is 5.57 Å². The quantitative estimate of drug-likeness (QED) is 0.628. The molecule has 2 saturated heterocycles. The van der Waals surface area contributed by atoms with Crippen LogP contribution in [0.1, 0.15) is 55.0 Å². The summed E-state index contributed by atoms with van der Waals surface area (Å²) in [7, 11) is 2.17. The van der Waals surface area contributed by atoms with Gasteiger partial charge in [0.1, 0.15) is 12.4 Å². The van der Waals surface area contributed by atoms with Crippen LogP contribution in [-0.4, -0.2) is 73.3 Å². The molecule has 38 heavy (non-hydrogen) atoms. The van der Waals surface area contributed by atoms with Gasteiger partial charge in [0.05, 0.1) is 24.7 Å². The van der Waals surface area contributed by atoms with E-state index in [0.717, 1.165) is 76.5 Å². The molecule has 200 valence electrons. The van der Waals surface area contributed by atoms with E-state index in [-0.39, 0.29) is 6.04 Å². The first-order chi connectivity index (χ1) is 18.6. The largest absolute Gasteiger partial charge is 0.462 e. The van der Waals surface area contributed by atoms with Gasteiger partial charge in [-0.25, -0.2) is 0 Å². The fraction of sp³-hybridized carbons (Fsp3) is 0.567. The maximum absolute atomic E-state index is 9.28. The van der Waals surface area contributed by atoms with E-state index in [4.69, 9.17) is 14.7 Å². The Labute approximate surface area is 226 Å². The van der Waals surface area contributed by atoms with Crippen molar-refractivity contribution in [1.29, 1.82) is 5.26 Å². The number of ether oxygens (including phenoxy) is 1. The van der Waals surface area contributed by atoms with Crippen molar-refractivity contribution in [3.63, 3.8) is 0 Å². The van der Waals surface area contributed by atoms with Crippen LogP contribution in [0.2, 0.25) is 0 Å². The number of rotatable bonds is 6. The number of hydrogen-bond donors (Lipinski definition) is 1. The molecular weight excluding hydrogens is 474 g/mol. The number of aromatic nitrogens is 2. The first kappa shape index (κ1) is 25.1. The molecule has 1 aliphatic carbocycles. The maximum atomic E-state index is 9.28. The van der Waals surface area contributed by atoms with Crippen molar-refractivity contribution in [2.24, 2.45) is 0 Å². The van der Waals surface area contributed by atoms with Crippen molar-refractivity contribution in [3.05, 3.63) is 46.7 Å². The zero-order valence-electron chi connectivity index (χ0n) is 22.7. The number of allylic oxidation sites excluding steroid dienone is 2. The van der Waals surface area contributed by atoms with Crippen molar-refractivity contribution in [2.75, 3.05) is 56.2 Å². The number of nitrogens with zero attached hydrogens (tertiary/aromatic N) is 6. The molecule has 0 amide bonds. The molecule has 0 unspecified atom stereocenters. The fourth-order valence-electron chi connectivity index (χ4n) is 6.61. The predicted octanol–water partition coefficient (Wildman–Crippen LogP) is 3.55. The lowest BCUT2D eigenvalue weighted by molar-refractivity contribution is 0.187. The Balaban J connectivity index is 1.32. The molecule has 4 aliphatic rings. The molecule has 4 heterocycles. The van der Waals surface area contributed by atoms with Gasteiger partial charge in [0.2, 0.25) is 0 Å². The molecule has 1 aromatic heterocycles. The fourth-order valence-corrected chi connectivity index (χ4v) is 6.61. The highest BCUT2D eigenvalue weighted by Gasteiger charge is 2.30. The van der Waals surface area contributed by atoms with Gasteiger partial charge < -0.3 is 24.8 Å². The number of benzene rings is 1. The number of anilines is 2. The summed E-state index contributed by atoms with van der Waals surface area (Å²) in [5.41, 5.74) is 7.85. The van der Waals surface area contributed by atoms with Crippen LogP contribution in [-0.2, 0) is 19.4 Å². The number of fused-ring (bicyclic) bond motifs is 2. The topological polar surface area (TPSA) is 80.6 Å². The first-order valence-corrected chi connectivity index (χ1v) is 14.2. The van der Waals surface area contributed by atoms with Crippen LogP contribution >= 0.6 is 0 Å². The highest BCUT2D eigenvalue weighted by Crippen LogP contribution is 2.38. The van der Waals surface area contributed by atoms with E-state index in [1.54, 1.807) is 0 Å². The third-order valence-electron chi connectivity index (χ3n) is 8.72. The molecule has 6 rings (SSSR count). The summed E-state index contributed by atoms with van der Waals surface area (Å²) in [6, 6.07) is 10.1. The summed E-state index contributed by atoms with van der Waals surface area (Å²) in [4.78, 5) is 17.2. The second kappa shape index (κ2) is 10.9. The van der Waals surface area contributed by atoms with E-state index in [1.165, 1.54) is 34.4 Å². The SMILES string of the molecule is CC1=CCCc2cccc(N3CCc4c(nc(OC[C@@H]5CCCN5C)nc4N4CCN[C@@H](CC#N)C4)C3)c21. The number of piperazine rings is 1. The minimum atomic E-state index is 0.154. The van der Waals surface area contributed by atoms with Crippen LogP contribution in [0.5, 0.6) is 6.01 Å². The van der Waals surface area contributed by atoms with Gasteiger partial charge in [0.15, 0.2) is 0 Å². The van der Waals surface area contributed by atoms with E-state index >= 15 is 0 Å². The Kier molecular flexibility index (Phi) is 7.22. The average molecular weight is 514 g/mol. The molecule has 0 radical (unpaired) electrons. The lowest BCUT2D eigenvalue weighted by Crippen LogP contribution is -2.51. The molecule has 2 atom stereocenters. The Morgan fingerprint density at radius 2 is 2.08 bits per heavy atom. The van der Waals surface area contributed by atoms with Gasteiger partial charge in [-0.1, -0.05) is 18.2 Å². The van der Waals surface area contributed by atoms with Crippen LogP contribution in [0.15, 0.2) is 24.3 Å². The average Bonchev–Trinajstić information content (AvgIpc) is 3.35. The summed E-state index contributed by atoms with van der Waals surface area (Å²) in [6.45, 7) is 8.17. The van der Waals surface area contributed by atoms with E-state index in [2.05, 4.69) is 64.3 Å². The molecule has 2 aromatic rings. The summed E-state index contributed by atoms with van der Waals surface area (Å²) in [5, 5.41) is 12.8. The molecule has 8 heteroatoms. The molecule has 1 N–H and O–H groups in total. The van der Waals surface area contributed by atoms with Crippen molar-refractivity contribution in [1.82, 2.24) is 20.2 Å². The lowest BCUT2D eigenvalue weighted by atomic mass is 9.89. The lowest BCUT2D eigenvalue weighted by Gasteiger charge is -2.38. The molecular formula is C30H39N7O. The van der Waals surface area contributed by atoms with E-state index in [1.807, 2.05) is 0 Å². The predicted molar refractivity (Wildman–Crippen MR) is 151 cm³/mol. The Hall–Kier alpha value is -3.15. The second-order valence-electron chi connectivity index (χ2n) is 11.2. The van der Waals surface area contributed by atoms with Crippen LogP contribution in [0, 0.1) is 11.3 Å². The Bertz CT molecular complexity index is 1250. The number of hydrogen-bond acceptors (Lipinski definition) is 8. The minimum Gasteiger partial charge on any atom is -0.462 e. The molecule has 2 fully saturated rings. The van der Waals surface area contributed by atoms with Gasteiger partial charge in [-0.2, -0.15) is 15.2 Å². The van der Waals surface area contributed by atoms with Crippen molar-refractivity contribution in [3.8, 4) is 12.1 Å². The minimum absolute atomic E-state index is 0.154. The van der Waals surface area contributed by atoms with Gasteiger partial charge >= 0.3 is 6.01 Å². The van der Waals surface area contributed by atoms with Gasteiger partial charge in [-0.3, -0.25) is 0 Å². The number of nitriles is 1. The summed E-state index contributed by atoms with van der Waals surface area (Å²) in [5.74, 6) is 1.00. The Morgan fingerprint density at radius 3 is 2.92 bits per heavy atom. The second-order valence-corrected chi connectivity index (χ2v) is 11.2. The first-order valence-electron chi connectivity index (χ1n) is 14.2. The summed E-state index contributed by atoms with van der Waals surface area (Å²) < 4.78 is 6.29. The van der Waals surface area contributed by atoms with Gasteiger partial charge in [0.25, 0.3) is 0 Å². The van der Waals surface area contributed by atoms with E-state index in [0.29, 0.717) is 25.1 Å². The highest BCUT2D eigenvalue weighted by atomic mass is 16.5. The summed E-state index contributed by atoms with van der Waals surface area (Å²) in [6.07, 6.45) is 8.37. The molecule has 3 aliphatic heterocycles. The van der Waals surface area contributed by atoms with Crippen LogP contribution in [0.3, 0.4) is 0 Å². The number of aryl methyl sites for hydroxylation is 1. The molecule has 0 bridgehead atoms. The van der Waals surface area contributed by atoms with E-state index < -0.39 is 0 Å². The molecule has 1 aromatic carbocycles. The third-order valence-corrected chi connectivity index (χ3v) is 8.72. The third kappa shape index (κ3) is 4.97. The maximum Gasteiger partial charge on any atom is 0.318 e. The normalized spacial score (nSPS) is 23.4. The van der Waals surface area contributed by atoms with Crippen molar-refractivity contribution >= 4 is 17.1 Å². The number of likely N-dealkylation sites (N-methyl/N-ethyl adjacent to an activating group) is 1. The van der Waals surface area contributed by atoms with Crippen molar-refractivity contribution < 1.29 is 4.74 Å². The molecule has 8 nitrogen and oxygen atoms in total. The zero-order chi connectivity index (χ0) is 26.1. The van der Waals surface area contributed by atoms with Gasteiger partial charge in [-0.05, 0) is 69.8 Å². The van der Waals surface area contributed by atoms with Crippen LogP contribution in [0.4, 0.5) is 11.5 Å². The standard InChI is InChI=1S/C30H39N7O/c1-21-6-3-7-22-8-4-10-27(28(21)22)36-16-12-25-26(19-36)33-30(38-20-24-9-5-15-35(24)2)34-29(25)37-17-14-32-23(18-37)11-13-31/h4,6,8,10,23-24,32H,3,5,7,9,11-12,14-20H2,1-2H3/t23-,24-/m0/s1. The summed E-state index contributed by atoms with van der Waals surface area (Å²) >= 11 is 0.